The summed E-state index contributed by atoms with van der Waals surface area (Å²) in [6, 6.07) is 7.66. The number of benzene rings is 1. The summed E-state index contributed by atoms with van der Waals surface area (Å²) >= 11 is 0. The van der Waals surface area contributed by atoms with Crippen LogP contribution >= 0.6 is 0 Å². The maximum absolute atomic E-state index is 12.2. The first-order valence-corrected chi connectivity index (χ1v) is 9.12. The van der Waals surface area contributed by atoms with Gasteiger partial charge in [0.25, 0.3) is 0 Å². The maximum atomic E-state index is 12.2. The van der Waals surface area contributed by atoms with Crippen molar-refractivity contribution in [2.24, 2.45) is 11.7 Å². The van der Waals surface area contributed by atoms with Crippen LogP contribution in [0.4, 0.5) is 5.69 Å². The Morgan fingerprint density at radius 3 is 2.52 bits per heavy atom. The fraction of sp³-hybridized carbons (Fsp3) is 0.579. The Morgan fingerprint density at radius 1 is 1.16 bits per heavy atom. The number of hydrogen-bond donors (Lipinski definition) is 2. The van der Waals surface area contributed by atoms with Crippen LogP contribution in [0.25, 0.3) is 0 Å². The summed E-state index contributed by atoms with van der Waals surface area (Å²) in [7, 11) is 0. The first-order valence-electron chi connectivity index (χ1n) is 9.12. The normalized spacial score (nSPS) is 23.5. The number of carbonyl (C=O) groups excluding carboxylic acids is 2. The van der Waals surface area contributed by atoms with Gasteiger partial charge in [-0.15, -0.1) is 0 Å². The molecule has 1 aromatic rings. The van der Waals surface area contributed by atoms with Gasteiger partial charge >= 0.3 is 0 Å². The molecular formula is C19H27N3O3. The van der Waals surface area contributed by atoms with Gasteiger partial charge in [-0.05, 0) is 36.5 Å². The minimum atomic E-state index is 0.0134. The molecular weight excluding hydrogens is 318 g/mol. The van der Waals surface area contributed by atoms with E-state index in [2.05, 4.69) is 5.32 Å². The zero-order valence-electron chi connectivity index (χ0n) is 14.6. The summed E-state index contributed by atoms with van der Waals surface area (Å²) < 4.78 is 5.26. The average molecular weight is 345 g/mol. The van der Waals surface area contributed by atoms with Crippen LogP contribution in [0.15, 0.2) is 24.3 Å². The Morgan fingerprint density at radius 2 is 1.88 bits per heavy atom. The van der Waals surface area contributed by atoms with Crippen LogP contribution in [-0.4, -0.2) is 49.1 Å². The van der Waals surface area contributed by atoms with E-state index in [1.807, 2.05) is 29.2 Å². The summed E-state index contributed by atoms with van der Waals surface area (Å²) in [5, 5.41) is 2.93. The quantitative estimate of drug-likeness (QED) is 0.848. The van der Waals surface area contributed by atoms with Crippen LogP contribution in [0.3, 0.4) is 0 Å². The van der Waals surface area contributed by atoms with Crippen molar-refractivity contribution < 1.29 is 14.3 Å². The number of nitrogens with one attached hydrogen (secondary N) is 1. The molecule has 2 atom stereocenters. The lowest BCUT2D eigenvalue weighted by atomic mass is 10.00. The number of hydrogen-bond acceptors (Lipinski definition) is 4. The Bertz CT molecular complexity index is 596. The molecule has 6 heteroatoms. The van der Waals surface area contributed by atoms with Gasteiger partial charge in [-0.3, -0.25) is 9.59 Å². The molecule has 2 aliphatic rings. The first-order chi connectivity index (χ1) is 12.1. The largest absolute Gasteiger partial charge is 0.378 e. The third-order valence-corrected chi connectivity index (χ3v) is 5.12. The molecule has 2 amide bonds. The number of carbonyl (C=O) groups is 2. The van der Waals surface area contributed by atoms with Gasteiger partial charge in [0, 0.05) is 31.2 Å². The highest BCUT2D eigenvalue weighted by Gasteiger charge is 2.26. The molecule has 1 aromatic carbocycles. The van der Waals surface area contributed by atoms with Gasteiger partial charge in [-0.2, -0.15) is 0 Å². The van der Waals surface area contributed by atoms with Gasteiger partial charge in [0.2, 0.25) is 11.8 Å². The monoisotopic (exact) mass is 345 g/mol. The van der Waals surface area contributed by atoms with Gasteiger partial charge < -0.3 is 20.7 Å². The molecule has 3 rings (SSSR count). The number of nitrogens with two attached hydrogens (primary N) is 1. The second-order valence-corrected chi connectivity index (χ2v) is 6.97. The number of anilines is 1. The lowest BCUT2D eigenvalue weighted by molar-refractivity contribution is -0.134. The highest BCUT2D eigenvalue weighted by atomic mass is 16.5. The molecule has 2 fully saturated rings. The number of rotatable bonds is 5. The molecule has 3 N–H and O–H groups in total. The van der Waals surface area contributed by atoms with Crippen molar-refractivity contribution in [1.82, 2.24) is 4.90 Å². The smallest absolute Gasteiger partial charge is 0.227 e. The van der Waals surface area contributed by atoms with Crippen molar-refractivity contribution in [1.29, 1.82) is 0 Å². The molecule has 1 aliphatic carbocycles. The lowest BCUT2D eigenvalue weighted by Crippen LogP contribution is -2.41. The van der Waals surface area contributed by atoms with Crippen molar-refractivity contribution in [3.8, 4) is 0 Å². The fourth-order valence-electron chi connectivity index (χ4n) is 3.57. The van der Waals surface area contributed by atoms with E-state index in [9.17, 15) is 9.59 Å². The minimum absolute atomic E-state index is 0.0134. The molecule has 0 unspecified atom stereocenters. The summed E-state index contributed by atoms with van der Waals surface area (Å²) in [6.07, 6.45) is 4.04. The van der Waals surface area contributed by atoms with Gasteiger partial charge in [-0.25, -0.2) is 0 Å². The van der Waals surface area contributed by atoms with E-state index in [4.69, 9.17) is 10.5 Å². The van der Waals surface area contributed by atoms with Crippen LogP contribution in [-0.2, 0) is 20.7 Å². The zero-order valence-corrected chi connectivity index (χ0v) is 14.6. The summed E-state index contributed by atoms with van der Waals surface area (Å²) in [5.41, 5.74) is 7.74. The van der Waals surface area contributed by atoms with Gasteiger partial charge in [0.1, 0.15) is 0 Å². The molecule has 0 radical (unpaired) electrons. The van der Waals surface area contributed by atoms with Crippen molar-refractivity contribution in [2.45, 2.75) is 38.1 Å². The third kappa shape index (κ3) is 5.03. The van der Waals surface area contributed by atoms with Crippen LogP contribution in [0.1, 0.15) is 31.2 Å². The zero-order chi connectivity index (χ0) is 17.6. The molecule has 1 heterocycles. The SMILES string of the molecule is N[C@@H]1CCC[C@H]1CC(=O)Nc1ccc(CC(=O)N2CCOCC2)cc1. The predicted octanol–water partition coefficient (Wildman–Crippen LogP) is 1.54. The predicted molar refractivity (Wildman–Crippen MR) is 96.1 cm³/mol. The topological polar surface area (TPSA) is 84.7 Å². The highest BCUT2D eigenvalue weighted by Crippen LogP contribution is 2.27. The first kappa shape index (κ1) is 17.9. The Hall–Kier alpha value is -1.92. The molecule has 6 nitrogen and oxygen atoms in total. The van der Waals surface area contributed by atoms with E-state index in [1.54, 1.807) is 0 Å². The molecule has 0 spiro atoms. The standard InChI is InChI=1S/C19H27N3O3/c20-17-3-1-2-15(17)13-18(23)21-16-6-4-14(5-7-16)12-19(24)22-8-10-25-11-9-22/h4-7,15,17H,1-3,8-13,20H2,(H,21,23)/t15-,17+/m0/s1. The number of morpholine rings is 1. The van der Waals surface area contributed by atoms with E-state index in [-0.39, 0.29) is 17.9 Å². The maximum Gasteiger partial charge on any atom is 0.227 e. The second-order valence-electron chi connectivity index (χ2n) is 6.97. The molecule has 1 saturated carbocycles. The van der Waals surface area contributed by atoms with Crippen LogP contribution in [0, 0.1) is 5.92 Å². The van der Waals surface area contributed by atoms with Crippen LogP contribution < -0.4 is 11.1 Å². The molecule has 25 heavy (non-hydrogen) atoms. The van der Waals surface area contributed by atoms with Gasteiger partial charge in [-0.1, -0.05) is 18.6 Å². The van der Waals surface area contributed by atoms with E-state index >= 15 is 0 Å². The molecule has 0 bridgehead atoms. The minimum Gasteiger partial charge on any atom is -0.378 e. The van der Waals surface area contributed by atoms with E-state index < -0.39 is 0 Å². The molecule has 1 aliphatic heterocycles. The van der Waals surface area contributed by atoms with Gasteiger partial charge in [0.05, 0.1) is 19.6 Å². The number of amides is 2. The van der Waals surface area contributed by atoms with Crippen LogP contribution in [0.5, 0.6) is 0 Å². The van der Waals surface area contributed by atoms with Crippen LogP contribution in [0.2, 0.25) is 0 Å². The van der Waals surface area contributed by atoms with E-state index in [0.29, 0.717) is 45.1 Å². The molecule has 1 saturated heterocycles. The summed E-state index contributed by atoms with van der Waals surface area (Å²) in [5.74, 6) is 0.431. The fourth-order valence-corrected chi connectivity index (χ4v) is 3.57. The van der Waals surface area contributed by atoms with Gasteiger partial charge in [0.15, 0.2) is 0 Å². The van der Waals surface area contributed by atoms with Crippen molar-refractivity contribution in [3.63, 3.8) is 0 Å². The average Bonchev–Trinajstić information content (AvgIpc) is 3.02. The van der Waals surface area contributed by atoms with Crippen molar-refractivity contribution in [2.75, 3.05) is 31.6 Å². The Kier molecular flexibility index (Phi) is 6.04. The second kappa shape index (κ2) is 8.45. The number of ether oxygens (including phenoxy) is 1. The Balaban J connectivity index is 1.48. The Labute approximate surface area is 148 Å². The van der Waals surface area contributed by atoms with E-state index in [1.165, 1.54) is 0 Å². The third-order valence-electron chi connectivity index (χ3n) is 5.12. The summed E-state index contributed by atoms with van der Waals surface area (Å²) in [4.78, 5) is 26.2. The molecule has 136 valence electrons. The molecule has 0 aromatic heterocycles. The number of nitrogens with zero attached hydrogens (tertiary/aromatic N) is 1. The summed E-state index contributed by atoms with van der Waals surface area (Å²) in [6.45, 7) is 2.55. The lowest BCUT2D eigenvalue weighted by Gasteiger charge is -2.26. The van der Waals surface area contributed by atoms with E-state index in [0.717, 1.165) is 30.5 Å². The van der Waals surface area contributed by atoms with Crippen molar-refractivity contribution in [3.05, 3.63) is 29.8 Å². The van der Waals surface area contributed by atoms with Crippen molar-refractivity contribution >= 4 is 17.5 Å². The highest BCUT2D eigenvalue weighted by molar-refractivity contribution is 5.91.